The Kier molecular flexibility index (Phi) is 7.51. The molecule has 5 rings (SSSR count). The second kappa shape index (κ2) is 11.2. The number of carbonyl (C=O) groups excluding carboxylic acids is 2. The quantitative estimate of drug-likeness (QED) is 0.411. The van der Waals surface area contributed by atoms with Gasteiger partial charge in [-0.2, -0.15) is 0 Å². The minimum absolute atomic E-state index is 0.122. The van der Waals surface area contributed by atoms with E-state index in [1.807, 2.05) is 54.6 Å². The van der Waals surface area contributed by atoms with Gasteiger partial charge in [-0.15, -0.1) is 0 Å². The number of carbonyl (C=O) groups is 3. The van der Waals surface area contributed by atoms with Gasteiger partial charge in [0.1, 0.15) is 5.75 Å². The SMILES string of the molecule is CCOc1cc2c(cc1C(=O)NC[C@@H](O)[C@@H]1Cc3ccccc3CN1C(=O)O)CN(Cc1ccccc1)C2=O. The zero-order chi connectivity index (χ0) is 27.5. The molecule has 2 aliphatic heterocycles. The van der Waals surface area contributed by atoms with Crippen LogP contribution >= 0.6 is 0 Å². The number of rotatable bonds is 8. The van der Waals surface area contributed by atoms with Crippen molar-refractivity contribution >= 4 is 17.9 Å². The summed E-state index contributed by atoms with van der Waals surface area (Å²) < 4.78 is 5.72. The lowest BCUT2D eigenvalue weighted by atomic mass is 9.91. The molecule has 3 aromatic rings. The van der Waals surface area contributed by atoms with Gasteiger partial charge in [-0.25, -0.2) is 4.79 Å². The first kappa shape index (κ1) is 26.2. The van der Waals surface area contributed by atoms with Crippen molar-refractivity contribution in [3.8, 4) is 5.75 Å². The molecule has 9 nitrogen and oxygen atoms in total. The zero-order valence-corrected chi connectivity index (χ0v) is 21.7. The Labute approximate surface area is 226 Å². The van der Waals surface area contributed by atoms with Gasteiger partial charge in [0.2, 0.25) is 0 Å². The van der Waals surface area contributed by atoms with Crippen LogP contribution in [0.1, 0.15) is 49.9 Å². The molecular formula is C30H31N3O6. The number of carboxylic acid groups (broad SMARTS) is 1. The number of hydrogen-bond acceptors (Lipinski definition) is 5. The summed E-state index contributed by atoms with van der Waals surface area (Å²) in [6.07, 6.45) is -1.89. The number of nitrogens with one attached hydrogen (secondary N) is 1. The fourth-order valence-electron chi connectivity index (χ4n) is 5.32. The van der Waals surface area contributed by atoms with Gasteiger partial charge in [0.25, 0.3) is 11.8 Å². The lowest BCUT2D eigenvalue weighted by Crippen LogP contribution is -2.53. The zero-order valence-electron chi connectivity index (χ0n) is 21.7. The van der Waals surface area contributed by atoms with Crippen molar-refractivity contribution in [2.24, 2.45) is 0 Å². The van der Waals surface area contributed by atoms with E-state index in [2.05, 4.69) is 5.32 Å². The third-order valence-electron chi connectivity index (χ3n) is 7.30. The molecule has 2 heterocycles. The highest BCUT2D eigenvalue weighted by atomic mass is 16.5. The summed E-state index contributed by atoms with van der Waals surface area (Å²) in [5.41, 5.74) is 4.39. The molecular weight excluding hydrogens is 498 g/mol. The fraction of sp³-hybridized carbons (Fsp3) is 0.300. The summed E-state index contributed by atoms with van der Waals surface area (Å²) >= 11 is 0. The molecule has 202 valence electrons. The molecule has 3 amide bonds. The highest BCUT2D eigenvalue weighted by Gasteiger charge is 2.35. The number of aliphatic hydroxyl groups is 1. The lowest BCUT2D eigenvalue weighted by Gasteiger charge is -2.37. The van der Waals surface area contributed by atoms with E-state index in [0.717, 1.165) is 22.3 Å². The van der Waals surface area contributed by atoms with Crippen molar-refractivity contribution in [2.75, 3.05) is 13.2 Å². The number of amides is 3. The van der Waals surface area contributed by atoms with Crippen LogP contribution in [0.3, 0.4) is 0 Å². The second-order valence-electron chi connectivity index (χ2n) is 9.81. The van der Waals surface area contributed by atoms with E-state index < -0.39 is 24.1 Å². The van der Waals surface area contributed by atoms with Crippen molar-refractivity contribution in [1.29, 1.82) is 0 Å². The third kappa shape index (κ3) is 5.44. The van der Waals surface area contributed by atoms with E-state index in [4.69, 9.17) is 4.74 Å². The highest BCUT2D eigenvalue weighted by molar-refractivity contribution is 6.03. The van der Waals surface area contributed by atoms with Gasteiger partial charge in [-0.05, 0) is 47.7 Å². The minimum Gasteiger partial charge on any atom is -0.493 e. The highest BCUT2D eigenvalue weighted by Crippen LogP contribution is 2.32. The van der Waals surface area contributed by atoms with Crippen LogP contribution in [0.2, 0.25) is 0 Å². The Morgan fingerprint density at radius 2 is 1.74 bits per heavy atom. The van der Waals surface area contributed by atoms with Crippen LogP contribution in [0, 0.1) is 0 Å². The molecule has 0 aliphatic carbocycles. The monoisotopic (exact) mass is 529 g/mol. The van der Waals surface area contributed by atoms with Gasteiger partial charge in [0, 0.05) is 31.7 Å². The summed E-state index contributed by atoms with van der Waals surface area (Å²) in [6, 6.07) is 19.8. The first-order valence-corrected chi connectivity index (χ1v) is 13.0. The number of hydrogen-bond donors (Lipinski definition) is 3. The lowest BCUT2D eigenvalue weighted by molar-refractivity contribution is 0.0382. The Bertz CT molecular complexity index is 1390. The Morgan fingerprint density at radius 3 is 2.46 bits per heavy atom. The van der Waals surface area contributed by atoms with Gasteiger partial charge in [0.15, 0.2) is 0 Å². The van der Waals surface area contributed by atoms with Gasteiger partial charge in [-0.1, -0.05) is 54.6 Å². The Hall–Kier alpha value is -4.37. The first-order valence-electron chi connectivity index (χ1n) is 13.0. The predicted octanol–water partition coefficient (Wildman–Crippen LogP) is 3.44. The number of fused-ring (bicyclic) bond motifs is 2. The molecule has 0 fully saturated rings. The fourth-order valence-corrected chi connectivity index (χ4v) is 5.32. The minimum atomic E-state index is -1.12. The first-order chi connectivity index (χ1) is 18.9. The molecule has 0 radical (unpaired) electrons. The average molecular weight is 530 g/mol. The van der Waals surface area contributed by atoms with E-state index in [1.54, 1.807) is 24.0 Å². The Morgan fingerprint density at radius 1 is 1.03 bits per heavy atom. The van der Waals surface area contributed by atoms with E-state index >= 15 is 0 Å². The number of nitrogens with zero attached hydrogens (tertiary/aromatic N) is 2. The standard InChI is InChI=1S/C30H31N3O6/c1-2-39-27-14-23-22(17-32(29(23)36)16-19-8-4-3-5-9-19)12-24(27)28(35)31-15-26(34)25-13-20-10-6-7-11-21(20)18-33(25)30(37)38/h3-12,14,25-26,34H,2,13,15-18H2,1H3,(H,31,35)(H,37,38)/t25-,26+/m0/s1. The maximum absolute atomic E-state index is 13.3. The normalized spacial score (nSPS) is 16.9. The van der Waals surface area contributed by atoms with Crippen LogP contribution in [-0.4, -0.2) is 63.2 Å². The smallest absolute Gasteiger partial charge is 0.407 e. The van der Waals surface area contributed by atoms with Crippen molar-refractivity contribution in [2.45, 2.75) is 45.1 Å². The molecule has 2 atom stereocenters. The molecule has 0 saturated heterocycles. The van der Waals surface area contributed by atoms with Gasteiger partial charge >= 0.3 is 6.09 Å². The van der Waals surface area contributed by atoms with Crippen molar-refractivity contribution in [3.63, 3.8) is 0 Å². The number of ether oxygens (including phenoxy) is 1. The molecule has 9 heteroatoms. The molecule has 3 aromatic carbocycles. The molecule has 0 unspecified atom stereocenters. The molecule has 0 saturated carbocycles. The van der Waals surface area contributed by atoms with E-state index in [9.17, 15) is 24.6 Å². The summed E-state index contributed by atoms with van der Waals surface area (Å²) in [4.78, 5) is 41.2. The predicted molar refractivity (Wildman–Crippen MR) is 143 cm³/mol. The number of aliphatic hydroxyl groups excluding tert-OH is 1. The third-order valence-corrected chi connectivity index (χ3v) is 7.30. The van der Waals surface area contributed by atoms with Crippen LogP contribution in [0.5, 0.6) is 5.75 Å². The molecule has 2 aliphatic rings. The largest absolute Gasteiger partial charge is 0.493 e. The molecule has 0 aromatic heterocycles. The average Bonchev–Trinajstić information content (AvgIpc) is 3.24. The Balaban J connectivity index is 1.31. The second-order valence-corrected chi connectivity index (χ2v) is 9.81. The molecule has 39 heavy (non-hydrogen) atoms. The van der Waals surface area contributed by atoms with Crippen molar-refractivity contribution < 1.29 is 29.3 Å². The summed E-state index contributed by atoms with van der Waals surface area (Å²) in [7, 11) is 0. The van der Waals surface area contributed by atoms with Crippen LogP contribution in [0.4, 0.5) is 4.79 Å². The van der Waals surface area contributed by atoms with Gasteiger partial charge in [0.05, 0.1) is 24.3 Å². The maximum Gasteiger partial charge on any atom is 0.407 e. The van der Waals surface area contributed by atoms with Crippen molar-refractivity contribution in [1.82, 2.24) is 15.1 Å². The van der Waals surface area contributed by atoms with E-state index in [1.165, 1.54) is 4.90 Å². The molecule has 3 N–H and O–H groups in total. The topological polar surface area (TPSA) is 119 Å². The van der Waals surface area contributed by atoms with E-state index in [0.29, 0.717) is 31.7 Å². The van der Waals surface area contributed by atoms with Crippen LogP contribution in [0.25, 0.3) is 0 Å². The van der Waals surface area contributed by atoms with Crippen LogP contribution in [0.15, 0.2) is 66.7 Å². The molecule has 0 spiro atoms. The molecule has 0 bridgehead atoms. The number of benzene rings is 3. The summed E-state index contributed by atoms with van der Waals surface area (Å²) in [5.74, 6) is -0.298. The van der Waals surface area contributed by atoms with Gasteiger partial charge < -0.3 is 25.2 Å². The van der Waals surface area contributed by atoms with Gasteiger partial charge in [-0.3, -0.25) is 14.5 Å². The van der Waals surface area contributed by atoms with Crippen LogP contribution < -0.4 is 10.1 Å². The van der Waals surface area contributed by atoms with Crippen molar-refractivity contribution in [3.05, 3.63) is 100 Å². The van der Waals surface area contributed by atoms with E-state index in [-0.39, 0.29) is 30.3 Å². The van der Waals surface area contributed by atoms with Crippen LogP contribution in [-0.2, 0) is 26.1 Å². The maximum atomic E-state index is 13.3. The summed E-state index contributed by atoms with van der Waals surface area (Å²) in [6.45, 7) is 2.96. The summed E-state index contributed by atoms with van der Waals surface area (Å²) in [5, 5.41) is 23.4.